The SMILES string of the molecule is C.C.C1CCOC1.CC(C)(C)OC(=O)NC1CCC(N)CC1.CC(C)(C)OC(=O)OC(=O)OC(C)(C)C.CCC1CCC(N)CC1.CN(C(=O)OC(C)(C)C)C1CCC(N)CC1.CN(C(=O)OC(C)(C)C)C1CCC(N=Cc2ccccc2)CC1.CNC1CCC(N=Cc2ccccc2)CC1.O=Cc1ccccc1.[AlH3].[H-].[Li+]. The van der Waals surface area contributed by atoms with Crippen LogP contribution in [0.2, 0.25) is 0 Å². The minimum absolute atomic E-state index is 0. The van der Waals surface area contributed by atoms with Crippen molar-refractivity contribution in [3.8, 4) is 0 Å². The van der Waals surface area contributed by atoms with Crippen LogP contribution in [0.25, 0.3) is 0 Å². The van der Waals surface area contributed by atoms with Gasteiger partial charge in [-0.15, -0.1) is 0 Å². The Morgan fingerprint density at radius 3 is 1.07 bits per heavy atom. The maximum absolute atomic E-state index is 12.1. The van der Waals surface area contributed by atoms with Gasteiger partial charge >= 0.3 is 49.5 Å². The normalized spacial score (nSPS) is 22.1. The summed E-state index contributed by atoms with van der Waals surface area (Å²) in [6, 6.07) is 33.1. The number of alkyl carbamates (subject to hydrolysis) is 1. The van der Waals surface area contributed by atoms with Gasteiger partial charge in [-0.25, -0.2) is 24.0 Å². The van der Waals surface area contributed by atoms with E-state index in [0.717, 1.165) is 114 Å². The van der Waals surface area contributed by atoms with E-state index in [1.165, 1.54) is 76.2 Å². The summed E-state index contributed by atoms with van der Waals surface area (Å²) in [6.45, 7) is 31.2. The molecule has 0 radical (unpaired) electrons. The zero-order valence-electron chi connectivity index (χ0n) is 71.2. The number of nitrogens with one attached hydrogen (secondary N) is 2. The second-order valence-corrected chi connectivity index (χ2v) is 33.7. The molecular weight excluding hydrogens is 1410 g/mol. The number of amides is 3. The van der Waals surface area contributed by atoms with E-state index in [9.17, 15) is 28.8 Å². The first-order valence-corrected chi connectivity index (χ1v) is 39.4. The van der Waals surface area contributed by atoms with E-state index < -0.39 is 40.3 Å². The molecular formula is C87H155AlLiN9O13. The van der Waals surface area contributed by atoms with Gasteiger partial charge < -0.3 is 72.2 Å². The van der Waals surface area contributed by atoms with Crippen molar-refractivity contribution in [3.05, 3.63) is 108 Å². The van der Waals surface area contributed by atoms with Gasteiger partial charge in [0, 0.05) is 87.6 Å². The average molecular weight is 1570 g/mol. The van der Waals surface area contributed by atoms with Crippen LogP contribution in [0.4, 0.5) is 24.0 Å². The molecule has 111 heavy (non-hydrogen) atoms. The predicted molar refractivity (Wildman–Crippen MR) is 457 cm³/mol. The van der Waals surface area contributed by atoms with Crippen molar-refractivity contribution in [2.24, 2.45) is 33.1 Å². The van der Waals surface area contributed by atoms with Crippen molar-refractivity contribution in [2.75, 3.05) is 34.4 Å². The van der Waals surface area contributed by atoms with E-state index in [4.69, 9.17) is 50.6 Å². The molecule has 8 N–H and O–H groups in total. The van der Waals surface area contributed by atoms with Crippen molar-refractivity contribution in [3.63, 3.8) is 0 Å². The molecule has 3 aromatic carbocycles. The summed E-state index contributed by atoms with van der Waals surface area (Å²) in [5, 5.41) is 6.23. The molecule has 0 bridgehead atoms. The topological polar surface area (TPSA) is 300 Å². The van der Waals surface area contributed by atoms with E-state index in [1.54, 1.807) is 63.5 Å². The van der Waals surface area contributed by atoms with Crippen molar-refractivity contribution in [1.29, 1.82) is 0 Å². The fraction of sp³-hybridized carbons (Fsp3) is 0.701. The molecule has 3 aromatic rings. The van der Waals surface area contributed by atoms with Crippen LogP contribution in [0.3, 0.4) is 0 Å². The number of ether oxygens (including phenoxy) is 7. The summed E-state index contributed by atoms with van der Waals surface area (Å²) in [6.07, 6.45) is 27.9. The van der Waals surface area contributed by atoms with Gasteiger partial charge in [-0.05, 0) is 269 Å². The van der Waals surface area contributed by atoms with Gasteiger partial charge in [0.1, 0.15) is 34.3 Å². The first-order valence-electron chi connectivity index (χ1n) is 39.4. The van der Waals surface area contributed by atoms with Crippen molar-refractivity contribution >= 4 is 66.7 Å². The molecule has 0 atom stereocenters. The van der Waals surface area contributed by atoms with Crippen LogP contribution in [-0.2, 0) is 33.2 Å². The number of aliphatic imine (C=N–C) groups is 2. The molecule has 630 valence electrons. The third-order valence-electron chi connectivity index (χ3n) is 18.1. The first-order chi connectivity index (χ1) is 50.1. The van der Waals surface area contributed by atoms with E-state index in [2.05, 4.69) is 70.7 Å². The van der Waals surface area contributed by atoms with Gasteiger partial charge in [0.2, 0.25) is 0 Å². The van der Waals surface area contributed by atoms with Gasteiger partial charge in [0.05, 0.1) is 12.1 Å². The Balaban J connectivity index is -0.000000607. The largest absolute Gasteiger partial charge is 1.00 e. The van der Waals surface area contributed by atoms with Crippen molar-refractivity contribution in [1.82, 2.24) is 20.4 Å². The molecule has 6 aliphatic rings. The minimum atomic E-state index is -1.06. The first kappa shape index (κ1) is 109. The summed E-state index contributed by atoms with van der Waals surface area (Å²) in [5.74, 6) is 0.991. The second kappa shape index (κ2) is 58.1. The molecule has 1 aliphatic heterocycles. The molecule has 22 nitrogen and oxygen atoms in total. The summed E-state index contributed by atoms with van der Waals surface area (Å²) < 4.78 is 34.7. The minimum Gasteiger partial charge on any atom is -1.00 e. The average Bonchev–Trinajstić information content (AvgIpc) is 1.02. The van der Waals surface area contributed by atoms with Crippen LogP contribution in [-0.4, -0.2) is 193 Å². The van der Waals surface area contributed by atoms with Crippen molar-refractivity contribution in [2.45, 2.75) is 356 Å². The van der Waals surface area contributed by atoms with Crippen molar-refractivity contribution < 1.29 is 82.2 Å². The molecule has 5 saturated carbocycles. The summed E-state index contributed by atoms with van der Waals surface area (Å²) >= 11 is 0. The van der Waals surface area contributed by atoms with E-state index in [-0.39, 0.29) is 88.9 Å². The Bertz CT molecular complexity index is 2930. The van der Waals surface area contributed by atoms with Gasteiger partial charge in [-0.2, -0.15) is 0 Å². The van der Waals surface area contributed by atoms with Crippen LogP contribution in [0.15, 0.2) is 101 Å². The maximum Gasteiger partial charge on any atom is 1.00 e. The quantitative estimate of drug-likeness (QED) is 0.0315. The number of hydrogen-bond donors (Lipinski definition) is 5. The molecule has 0 unspecified atom stereocenters. The summed E-state index contributed by atoms with van der Waals surface area (Å²) in [5.41, 5.74) is 17.8. The van der Waals surface area contributed by atoms with Gasteiger partial charge in [-0.1, -0.05) is 119 Å². The molecule has 9 rings (SSSR count). The number of carbonyl (C=O) groups excluding carboxylic acids is 6. The smallest absolute Gasteiger partial charge is 1.00 e. The number of nitrogens with zero attached hydrogens (tertiary/aromatic N) is 4. The summed E-state index contributed by atoms with van der Waals surface area (Å²) in [7, 11) is 5.71. The van der Waals surface area contributed by atoms with Crippen LogP contribution in [0, 0.1) is 5.92 Å². The monoisotopic (exact) mass is 1570 g/mol. The Hall–Kier alpha value is -5.85. The zero-order chi connectivity index (χ0) is 80.2. The number of nitrogens with two attached hydrogens (primary N) is 3. The van der Waals surface area contributed by atoms with Crippen LogP contribution < -0.4 is 46.7 Å². The Morgan fingerprint density at radius 2 is 0.775 bits per heavy atom. The Labute approximate surface area is 696 Å². The predicted octanol–water partition coefficient (Wildman–Crippen LogP) is 15.1. The molecule has 24 heteroatoms. The molecule has 1 heterocycles. The van der Waals surface area contributed by atoms with Gasteiger partial charge in [0.15, 0.2) is 17.4 Å². The second-order valence-electron chi connectivity index (χ2n) is 33.7. The molecule has 0 aromatic heterocycles. The number of carbonyl (C=O) groups is 6. The standard InChI is InChI=1S/C19H28N2O2.C14H20N2.C12H24N2O2.C11H22N2O2.C10H18O5.C8H17N.C7H6O.C4H8O.2CH4.Al.Li.4H/c1-19(2,3)23-18(22)21(4)17-12-10-16(11-13-17)20-14-15-8-6-5-7-9-15;1-15-13-7-9-14(10-8-13)16-11-12-5-3-2-4-6-12;1-12(2,3)16-11(15)14(4)10-7-5-9(13)6-8-10;1-11(2,3)15-10(14)13-9-6-4-8(12)5-7-9;1-9(2,3)14-7(11)13-8(12)15-10(4,5)6;1-2-7-3-5-8(9)6-4-7;8-6-7-4-2-1-3-5-7;1-2-4-5-3-1;;;;;;;;/h5-9,14,16-17H,10-13H2,1-4H3;2-6,11,13-15H,7-10H2,1H3;9-10H,5-8,13H2,1-4H3;8-9H,4-7,12H2,1-3H3,(H,13,14);1-6H3;7-8H,2-6,9H2,1H3;1-6H;1-4H2;2*1H4;;;;;;/q;;;;;;;;;;;+1;;;;-1. The third kappa shape index (κ3) is 56.9. The van der Waals surface area contributed by atoms with Gasteiger partial charge in [-0.3, -0.25) is 14.8 Å². The van der Waals surface area contributed by atoms with Crippen LogP contribution in [0.1, 0.15) is 296 Å². The number of aldehydes is 1. The Kier molecular flexibility index (Phi) is 57.2. The van der Waals surface area contributed by atoms with E-state index in [1.807, 2.05) is 131 Å². The number of rotatable bonds is 10. The molecule has 1 saturated heterocycles. The zero-order valence-corrected chi connectivity index (χ0v) is 70.2. The third-order valence-corrected chi connectivity index (χ3v) is 18.1. The summed E-state index contributed by atoms with van der Waals surface area (Å²) in [4.78, 5) is 80.2. The van der Waals surface area contributed by atoms with E-state index in [0.29, 0.717) is 36.3 Å². The number of benzene rings is 3. The fourth-order valence-corrected chi connectivity index (χ4v) is 12.0. The number of hydrogen-bond acceptors (Lipinski definition) is 19. The van der Waals surface area contributed by atoms with E-state index >= 15 is 0 Å². The fourth-order valence-electron chi connectivity index (χ4n) is 12.0. The molecule has 0 spiro atoms. The maximum atomic E-state index is 12.1. The Morgan fingerprint density at radius 1 is 0.468 bits per heavy atom. The molecule has 5 aliphatic carbocycles. The molecule has 6 fully saturated rings. The molecule has 3 amide bonds. The van der Waals surface area contributed by atoms with Crippen LogP contribution >= 0.6 is 0 Å². The van der Waals surface area contributed by atoms with Crippen LogP contribution in [0.5, 0.6) is 0 Å². The van der Waals surface area contributed by atoms with Gasteiger partial charge in [0.25, 0.3) is 0 Å².